The fraction of sp³-hybridized carbons (Fsp3) is 0.167. The molecule has 1 N–H and O–H groups in total. The summed E-state index contributed by atoms with van der Waals surface area (Å²) in [6.45, 7) is 4.39. The highest BCUT2D eigenvalue weighted by atomic mass is 32.1. The molecule has 0 saturated heterocycles. The van der Waals surface area contributed by atoms with Crippen LogP contribution in [0.3, 0.4) is 0 Å². The van der Waals surface area contributed by atoms with Gasteiger partial charge in [0, 0.05) is 5.56 Å². The van der Waals surface area contributed by atoms with E-state index in [1.54, 1.807) is 29.8 Å². The van der Waals surface area contributed by atoms with Gasteiger partial charge < -0.3 is 4.74 Å². The molecule has 4 aromatic rings. The molecule has 1 amide bonds. The number of carbonyl (C=O) groups is 2. The number of rotatable bonds is 7. The predicted octanol–water partition coefficient (Wildman–Crippen LogP) is 4.79. The molecule has 8 heteroatoms. The van der Waals surface area contributed by atoms with Crippen molar-refractivity contribution in [3.63, 3.8) is 0 Å². The van der Waals surface area contributed by atoms with E-state index >= 15 is 0 Å². The van der Waals surface area contributed by atoms with Gasteiger partial charge in [0.15, 0.2) is 10.8 Å². The maximum Gasteiger partial charge on any atom is 0.358 e. The fourth-order valence-corrected chi connectivity index (χ4v) is 4.21. The molecule has 2 aromatic carbocycles. The first-order valence-electron chi connectivity index (χ1n) is 10.2. The van der Waals surface area contributed by atoms with E-state index in [4.69, 9.17) is 4.74 Å². The van der Waals surface area contributed by atoms with Gasteiger partial charge in [-0.3, -0.25) is 14.8 Å². The molecule has 0 aliphatic rings. The molecule has 162 valence electrons. The summed E-state index contributed by atoms with van der Waals surface area (Å²) in [5.74, 6) is -0.698. The van der Waals surface area contributed by atoms with Crippen molar-refractivity contribution < 1.29 is 14.3 Å². The molecule has 4 rings (SSSR count). The second-order valence-corrected chi connectivity index (χ2v) is 8.03. The van der Waals surface area contributed by atoms with Crippen LogP contribution in [0.25, 0.3) is 10.6 Å². The Hall–Kier alpha value is -3.78. The Labute approximate surface area is 189 Å². The number of aryl methyl sites for hydroxylation is 1. The number of nitrogens with zero attached hydrogens (tertiary/aromatic N) is 3. The Bertz CT molecular complexity index is 1230. The van der Waals surface area contributed by atoms with Gasteiger partial charge >= 0.3 is 5.97 Å². The minimum absolute atomic E-state index is 0.226. The molecule has 0 bridgehead atoms. The Kier molecular flexibility index (Phi) is 6.42. The Morgan fingerprint density at radius 3 is 2.44 bits per heavy atom. The summed E-state index contributed by atoms with van der Waals surface area (Å²) in [5, 5.41) is 7.83. The van der Waals surface area contributed by atoms with Crippen LogP contribution in [-0.2, 0) is 11.3 Å². The van der Waals surface area contributed by atoms with Crippen LogP contribution in [0.4, 0.5) is 5.13 Å². The number of benzene rings is 2. The van der Waals surface area contributed by atoms with Gasteiger partial charge in [0.1, 0.15) is 0 Å². The van der Waals surface area contributed by atoms with Gasteiger partial charge in [-0.1, -0.05) is 59.9 Å². The number of aromatic nitrogens is 3. The summed E-state index contributed by atoms with van der Waals surface area (Å²) in [7, 11) is 0. The fourth-order valence-electron chi connectivity index (χ4n) is 3.23. The minimum atomic E-state index is -0.472. The molecule has 32 heavy (non-hydrogen) atoms. The Balaban J connectivity index is 1.67. The normalized spacial score (nSPS) is 10.7. The van der Waals surface area contributed by atoms with Crippen molar-refractivity contribution >= 4 is 28.3 Å². The highest BCUT2D eigenvalue weighted by molar-refractivity contribution is 7.19. The van der Waals surface area contributed by atoms with Crippen LogP contribution in [0, 0.1) is 6.92 Å². The topological polar surface area (TPSA) is 86.1 Å². The molecule has 0 aliphatic heterocycles. The lowest BCUT2D eigenvalue weighted by atomic mass is 10.2. The summed E-state index contributed by atoms with van der Waals surface area (Å²) in [4.78, 5) is 30.2. The third kappa shape index (κ3) is 4.76. The largest absolute Gasteiger partial charge is 0.461 e. The Morgan fingerprint density at radius 1 is 1.06 bits per heavy atom. The zero-order valence-electron chi connectivity index (χ0n) is 17.7. The van der Waals surface area contributed by atoms with Crippen molar-refractivity contribution in [2.45, 2.75) is 20.4 Å². The average Bonchev–Trinajstić information content (AvgIpc) is 3.38. The van der Waals surface area contributed by atoms with Crippen LogP contribution in [0.15, 0.2) is 66.7 Å². The molecule has 7 nitrogen and oxygen atoms in total. The lowest BCUT2D eigenvalue weighted by Gasteiger charge is -2.06. The molecule has 0 fully saturated rings. The van der Waals surface area contributed by atoms with Crippen molar-refractivity contribution in [2.75, 3.05) is 11.9 Å². The second kappa shape index (κ2) is 9.57. The number of esters is 1. The SMILES string of the molecule is CCOC(=O)c1cc(-c2sc(NC(=O)c3ccccc3)nc2C)n(Cc2ccccc2)n1. The summed E-state index contributed by atoms with van der Waals surface area (Å²) in [6, 6.07) is 20.6. The molecule has 0 aliphatic carbocycles. The van der Waals surface area contributed by atoms with Gasteiger partial charge in [-0.25, -0.2) is 9.78 Å². The van der Waals surface area contributed by atoms with Gasteiger partial charge in [0.05, 0.1) is 29.4 Å². The molecule has 2 aromatic heterocycles. The van der Waals surface area contributed by atoms with Gasteiger partial charge in [-0.05, 0) is 37.6 Å². The highest BCUT2D eigenvalue weighted by Gasteiger charge is 2.21. The quantitative estimate of drug-likeness (QED) is 0.413. The number of hydrogen-bond acceptors (Lipinski definition) is 6. The van der Waals surface area contributed by atoms with E-state index in [1.807, 2.05) is 55.5 Å². The van der Waals surface area contributed by atoms with Crippen LogP contribution in [0.5, 0.6) is 0 Å². The lowest BCUT2D eigenvalue weighted by molar-refractivity contribution is 0.0518. The number of hydrogen-bond donors (Lipinski definition) is 1. The number of thiazole rings is 1. The zero-order chi connectivity index (χ0) is 22.5. The highest BCUT2D eigenvalue weighted by Crippen LogP contribution is 2.34. The molecule has 0 saturated carbocycles. The molecule has 0 atom stereocenters. The molecular formula is C24H22N4O3S. The van der Waals surface area contributed by atoms with Crippen LogP contribution in [0.2, 0.25) is 0 Å². The van der Waals surface area contributed by atoms with E-state index in [9.17, 15) is 9.59 Å². The van der Waals surface area contributed by atoms with E-state index in [2.05, 4.69) is 15.4 Å². The van der Waals surface area contributed by atoms with Crippen molar-refractivity contribution in [1.29, 1.82) is 0 Å². The average molecular weight is 447 g/mol. The van der Waals surface area contributed by atoms with Crippen molar-refractivity contribution in [3.8, 4) is 10.6 Å². The van der Waals surface area contributed by atoms with E-state index in [0.717, 1.165) is 21.8 Å². The van der Waals surface area contributed by atoms with E-state index < -0.39 is 5.97 Å². The van der Waals surface area contributed by atoms with Crippen LogP contribution in [0.1, 0.15) is 39.0 Å². The summed E-state index contributed by atoms with van der Waals surface area (Å²) in [6.07, 6.45) is 0. The number of anilines is 1. The third-order valence-electron chi connectivity index (χ3n) is 4.73. The maximum absolute atomic E-state index is 12.5. The van der Waals surface area contributed by atoms with E-state index in [-0.39, 0.29) is 18.2 Å². The van der Waals surface area contributed by atoms with E-state index in [1.165, 1.54) is 11.3 Å². The molecule has 2 heterocycles. The number of nitrogens with one attached hydrogen (secondary N) is 1. The van der Waals surface area contributed by atoms with Crippen LogP contribution in [-0.4, -0.2) is 33.2 Å². The van der Waals surface area contributed by atoms with Crippen molar-refractivity contribution in [2.24, 2.45) is 0 Å². The molecule has 0 radical (unpaired) electrons. The first-order chi connectivity index (χ1) is 15.5. The van der Waals surface area contributed by atoms with E-state index in [0.29, 0.717) is 17.2 Å². The van der Waals surface area contributed by atoms with Gasteiger partial charge in [0.25, 0.3) is 5.91 Å². The smallest absolute Gasteiger partial charge is 0.358 e. The van der Waals surface area contributed by atoms with Gasteiger partial charge in [0.2, 0.25) is 0 Å². The summed E-state index contributed by atoms with van der Waals surface area (Å²) >= 11 is 1.34. The van der Waals surface area contributed by atoms with Crippen molar-refractivity contribution in [1.82, 2.24) is 14.8 Å². The lowest BCUT2D eigenvalue weighted by Crippen LogP contribution is -2.11. The maximum atomic E-state index is 12.5. The van der Waals surface area contributed by atoms with Crippen LogP contribution >= 0.6 is 11.3 Å². The zero-order valence-corrected chi connectivity index (χ0v) is 18.6. The standard InChI is InChI=1S/C24H22N4O3S/c1-3-31-23(30)19-14-20(28(27-19)15-17-10-6-4-7-11-17)21-16(2)25-24(32-21)26-22(29)18-12-8-5-9-13-18/h4-14H,3,15H2,1-2H3,(H,25,26,29). The first kappa shape index (κ1) is 21.5. The Morgan fingerprint density at radius 2 is 1.75 bits per heavy atom. The minimum Gasteiger partial charge on any atom is -0.461 e. The molecule has 0 spiro atoms. The van der Waals surface area contributed by atoms with Crippen molar-refractivity contribution in [3.05, 3.63) is 89.2 Å². The summed E-state index contributed by atoms with van der Waals surface area (Å²) < 4.78 is 6.90. The predicted molar refractivity (Wildman–Crippen MR) is 124 cm³/mol. The second-order valence-electron chi connectivity index (χ2n) is 7.03. The molecule has 0 unspecified atom stereocenters. The monoisotopic (exact) mass is 446 g/mol. The summed E-state index contributed by atoms with van der Waals surface area (Å²) in [5.41, 5.74) is 3.32. The third-order valence-corrected chi connectivity index (χ3v) is 5.82. The van der Waals surface area contributed by atoms with Gasteiger partial charge in [-0.15, -0.1) is 0 Å². The number of carbonyl (C=O) groups excluding carboxylic acids is 2. The number of amides is 1. The van der Waals surface area contributed by atoms with Gasteiger partial charge in [-0.2, -0.15) is 5.10 Å². The number of ether oxygens (including phenoxy) is 1. The molecular weight excluding hydrogens is 424 g/mol. The first-order valence-corrected chi connectivity index (χ1v) is 11.0. The van der Waals surface area contributed by atoms with Crippen LogP contribution < -0.4 is 5.32 Å².